The van der Waals surface area contributed by atoms with E-state index >= 15 is 0 Å². The van der Waals surface area contributed by atoms with Gasteiger partial charge in [0.15, 0.2) is 0 Å². The van der Waals surface area contributed by atoms with E-state index in [-0.39, 0.29) is 5.41 Å². The van der Waals surface area contributed by atoms with Crippen molar-refractivity contribution in [2.45, 2.75) is 58.3 Å². The van der Waals surface area contributed by atoms with Gasteiger partial charge in [-0.05, 0) is 106 Å². The molecule has 0 spiro atoms. The Labute approximate surface area is 262 Å². The van der Waals surface area contributed by atoms with Crippen LogP contribution in [0.3, 0.4) is 0 Å². The van der Waals surface area contributed by atoms with Gasteiger partial charge < -0.3 is 5.32 Å². The molecule has 6 aromatic carbocycles. The highest BCUT2D eigenvalue weighted by molar-refractivity contribution is 5.86. The maximum atomic E-state index is 3.63. The highest BCUT2D eigenvalue weighted by atomic mass is 14.9. The third-order valence-corrected chi connectivity index (χ3v) is 9.99. The van der Waals surface area contributed by atoms with Crippen molar-refractivity contribution in [3.63, 3.8) is 0 Å². The van der Waals surface area contributed by atoms with Gasteiger partial charge in [0.25, 0.3) is 0 Å². The highest BCUT2D eigenvalue weighted by Crippen LogP contribution is 2.51. The van der Waals surface area contributed by atoms with Crippen LogP contribution in [0.4, 0.5) is 11.4 Å². The third-order valence-electron chi connectivity index (χ3n) is 9.99. The molecule has 0 radical (unpaired) electrons. The number of anilines is 2. The first-order valence-electron chi connectivity index (χ1n) is 15.9. The molecule has 1 N–H and O–H groups in total. The average molecular weight is 572 g/mol. The molecule has 6 aromatic rings. The molecule has 44 heavy (non-hydrogen) atoms. The molecule has 0 aromatic heterocycles. The SMILES string of the molecule is Cc1ccc(Nc2ccc3c(c2)C(C)(C)c2cc(C(C)C(Cc4cccc5ccccc45)c4ccc(C)cc4)ccc2-3)cc1. The van der Waals surface area contributed by atoms with Crippen molar-refractivity contribution < 1.29 is 0 Å². The Morgan fingerprint density at radius 3 is 1.93 bits per heavy atom. The van der Waals surface area contributed by atoms with Gasteiger partial charge in [-0.3, -0.25) is 0 Å². The van der Waals surface area contributed by atoms with E-state index in [0.717, 1.165) is 17.8 Å². The topological polar surface area (TPSA) is 12.0 Å². The predicted octanol–water partition coefficient (Wildman–Crippen LogP) is 11.6. The van der Waals surface area contributed by atoms with Crippen LogP contribution in [0.25, 0.3) is 21.9 Å². The number of hydrogen-bond acceptors (Lipinski definition) is 1. The van der Waals surface area contributed by atoms with Crippen LogP contribution in [0.2, 0.25) is 0 Å². The van der Waals surface area contributed by atoms with Crippen LogP contribution in [-0.4, -0.2) is 0 Å². The molecular weight excluding hydrogens is 530 g/mol. The molecule has 0 saturated carbocycles. The largest absolute Gasteiger partial charge is 0.356 e. The van der Waals surface area contributed by atoms with Crippen LogP contribution in [0.1, 0.15) is 71.6 Å². The van der Waals surface area contributed by atoms with Crippen LogP contribution < -0.4 is 5.32 Å². The molecule has 1 nitrogen and oxygen atoms in total. The summed E-state index contributed by atoms with van der Waals surface area (Å²) in [5, 5.41) is 6.30. The number of benzene rings is 6. The minimum atomic E-state index is -0.0830. The lowest BCUT2D eigenvalue weighted by Gasteiger charge is -2.28. The van der Waals surface area contributed by atoms with Crippen molar-refractivity contribution in [2.75, 3.05) is 5.32 Å². The van der Waals surface area contributed by atoms with Crippen molar-refractivity contribution in [3.05, 3.63) is 166 Å². The summed E-state index contributed by atoms with van der Waals surface area (Å²) in [7, 11) is 0. The van der Waals surface area contributed by atoms with Crippen LogP contribution in [0, 0.1) is 13.8 Å². The number of aryl methyl sites for hydroxylation is 2. The van der Waals surface area contributed by atoms with Crippen LogP contribution in [0.15, 0.2) is 127 Å². The molecule has 0 bridgehead atoms. The summed E-state index contributed by atoms with van der Waals surface area (Å²) < 4.78 is 0. The third kappa shape index (κ3) is 5.11. The predicted molar refractivity (Wildman–Crippen MR) is 188 cm³/mol. The van der Waals surface area contributed by atoms with Gasteiger partial charge in [0.1, 0.15) is 0 Å². The lowest BCUT2D eigenvalue weighted by molar-refractivity contribution is 0.571. The van der Waals surface area contributed by atoms with Crippen molar-refractivity contribution in [1.82, 2.24) is 0 Å². The molecule has 218 valence electrons. The summed E-state index contributed by atoms with van der Waals surface area (Å²) in [5.74, 6) is 0.705. The van der Waals surface area contributed by atoms with Crippen molar-refractivity contribution in [2.24, 2.45) is 0 Å². The Morgan fingerprint density at radius 2 is 1.18 bits per heavy atom. The molecule has 0 aliphatic heterocycles. The Morgan fingerprint density at radius 1 is 0.591 bits per heavy atom. The number of rotatable bonds is 7. The highest BCUT2D eigenvalue weighted by Gasteiger charge is 2.36. The van der Waals surface area contributed by atoms with Gasteiger partial charge in [0, 0.05) is 16.8 Å². The van der Waals surface area contributed by atoms with E-state index in [2.05, 4.69) is 167 Å². The normalized spacial score (nSPS) is 14.6. The Balaban J connectivity index is 1.24. The standard InChI is InChI=1S/C43H41N/c1-28-13-17-32(18-14-28)40(25-34-11-8-10-31-9-6-7-12-37(31)34)30(3)33-19-23-38-39-24-22-36(44-35-20-15-29(2)16-21-35)27-42(39)43(4,5)41(38)26-33/h6-24,26-27,30,40,44H,25H2,1-5H3. The molecule has 1 aliphatic rings. The van der Waals surface area contributed by atoms with E-state index in [1.165, 1.54) is 60.8 Å². The van der Waals surface area contributed by atoms with E-state index in [4.69, 9.17) is 0 Å². The molecule has 7 rings (SSSR count). The average Bonchev–Trinajstić information content (AvgIpc) is 3.26. The fourth-order valence-corrected chi connectivity index (χ4v) is 7.26. The maximum Gasteiger partial charge on any atom is 0.0387 e. The minimum Gasteiger partial charge on any atom is -0.356 e. The second-order valence-electron chi connectivity index (χ2n) is 13.3. The maximum absolute atomic E-state index is 3.63. The zero-order valence-electron chi connectivity index (χ0n) is 26.5. The monoisotopic (exact) mass is 571 g/mol. The molecule has 2 unspecified atom stereocenters. The molecule has 1 heteroatoms. The second-order valence-corrected chi connectivity index (χ2v) is 13.3. The summed E-state index contributed by atoms with van der Waals surface area (Å²) >= 11 is 0. The van der Waals surface area contributed by atoms with Gasteiger partial charge in [0.2, 0.25) is 0 Å². The molecule has 1 aliphatic carbocycles. The van der Waals surface area contributed by atoms with E-state index in [1.54, 1.807) is 0 Å². The first kappa shape index (κ1) is 28.2. The van der Waals surface area contributed by atoms with Crippen molar-refractivity contribution in [3.8, 4) is 11.1 Å². The van der Waals surface area contributed by atoms with E-state index in [1.807, 2.05) is 0 Å². The lowest BCUT2D eigenvalue weighted by atomic mass is 9.76. The van der Waals surface area contributed by atoms with Crippen molar-refractivity contribution in [1.29, 1.82) is 0 Å². The van der Waals surface area contributed by atoms with E-state index < -0.39 is 0 Å². The summed E-state index contributed by atoms with van der Waals surface area (Å²) in [6.07, 6.45) is 1.00. The van der Waals surface area contributed by atoms with E-state index in [9.17, 15) is 0 Å². The molecule has 0 fully saturated rings. The Kier molecular flexibility index (Phi) is 7.13. The fourth-order valence-electron chi connectivity index (χ4n) is 7.26. The van der Waals surface area contributed by atoms with Crippen LogP contribution >= 0.6 is 0 Å². The summed E-state index contributed by atoms with van der Waals surface area (Å²) in [6, 6.07) is 47.6. The van der Waals surface area contributed by atoms with E-state index in [0.29, 0.717) is 11.8 Å². The molecule has 2 atom stereocenters. The van der Waals surface area contributed by atoms with Gasteiger partial charge in [-0.1, -0.05) is 135 Å². The quantitative estimate of drug-likeness (QED) is 0.201. The Hall–Kier alpha value is -4.62. The number of hydrogen-bond donors (Lipinski definition) is 1. The van der Waals surface area contributed by atoms with Crippen LogP contribution in [-0.2, 0) is 11.8 Å². The number of fused-ring (bicyclic) bond motifs is 4. The summed E-state index contributed by atoms with van der Waals surface area (Å²) in [5.41, 5.74) is 14.5. The fraction of sp³-hybridized carbons (Fsp3) is 0.209. The first-order chi connectivity index (χ1) is 21.3. The van der Waals surface area contributed by atoms with Gasteiger partial charge >= 0.3 is 0 Å². The summed E-state index contributed by atoms with van der Waals surface area (Å²) in [4.78, 5) is 0. The zero-order chi connectivity index (χ0) is 30.4. The van der Waals surface area contributed by atoms with Crippen molar-refractivity contribution >= 4 is 22.1 Å². The zero-order valence-corrected chi connectivity index (χ0v) is 26.5. The smallest absolute Gasteiger partial charge is 0.0387 e. The molecule has 0 saturated heterocycles. The molecular formula is C43H41N. The van der Waals surface area contributed by atoms with Gasteiger partial charge in [-0.2, -0.15) is 0 Å². The lowest BCUT2D eigenvalue weighted by Crippen LogP contribution is -2.17. The molecule has 0 amide bonds. The minimum absolute atomic E-state index is 0.0830. The Bertz CT molecular complexity index is 1960. The second kappa shape index (κ2) is 11.1. The van der Waals surface area contributed by atoms with Crippen LogP contribution in [0.5, 0.6) is 0 Å². The summed E-state index contributed by atoms with van der Waals surface area (Å²) in [6.45, 7) is 11.5. The van der Waals surface area contributed by atoms with Gasteiger partial charge in [-0.25, -0.2) is 0 Å². The molecule has 0 heterocycles. The van der Waals surface area contributed by atoms with Gasteiger partial charge in [0.05, 0.1) is 0 Å². The van der Waals surface area contributed by atoms with Gasteiger partial charge in [-0.15, -0.1) is 0 Å². The number of nitrogens with one attached hydrogen (secondary N) is 1. The first-order valence-corrected chi connectivity index (χ1v) is 15.9.